The van der Waals surface area contributed by atoms with Gasteiger partial charge in [0, 0.05) is 12.2 Å². The van der Waals surface area contributed by atoms with Gasteiger partial charge in [-0.05, 0) is 94.5 Å². The lowest BCUT2D eigenvalue weighted by atomic mass is 9.97. The van der Waals surface area contributed by atoms with Gasteiger partial charge in [-0.25, -0.2) is 4.79 Å². The van der Waals surface area contributed by atoms with Gasteiger partial charge in [0.15, 0.2) is 0 Å². The van der Waals surface area contributed by atoms with E-state index in [1.54, 1.807) is 96.1 Å². The van der Waals surface area contributed by atoms with Crippen molar-refractivity contribution in [1.29, 1.82) is 0 Å². The quantitative estimate of drug-likeness (QED) is 0.257. The molecule has 0 saturated carbocycles. The number of hydrogen-bond donors (Lipinski definition) is 1. The summed E-state index contributed by atoms with van der Waals surface area (Å²) in [6.45, 7) is 10.3. The summed E-state index contributed by atoms with van der Waals surface area (Å²) in [5.74, 6) is -0.746. The van der Waals surface area contributed by atoms with Crippen LogP contribution in [0.5, 0.6) is 5.75 Å². The molecule has 1 N–H and O–H groups in total. The molecule has 1 aliphatic rings. The predicted molar refractivity (Wildman–Crippen MR) is 167 cm³/mol. The van der Waals surface area contributed by atoms with Gasteiger partial charge in [-0.3, -0.25) is 9.59 Å². The van der Waals surface area contributed by atoms with E-state index in [9.17, 15) is 27.6 Å². The minimum absolute atomic E-state index is 0.0882. The van der Waals surface area contributed by atoms with E-state index in [4.69, 9.17) is 14.2 Å². The maximum Gasteiger partial charge on any atom is 0.417 e. The molecular formula is C35H39F3N2O6. The van der Waals surface area contributed by atoms with Gasteiger partial charge >= 0.3 is 18.2 Å². The van der Waals surface area contributed by atoms with E-state index < -0.39 is 53.4 Å². The van der Waals surface area contributed by atoms with E-state index in [1.807, 2.05) is 0 Å². The van der Waals surface area contributed by atoms with Crippen LogP contribution in [0.3, 0.4) is 0 Å². The lowest BCUT2D eigenvalue weighted by Crippen LogP contribution is -2.50. The summed E-state index contributed by atoms with van der Waals surface area (Å²) >= 11 is 0. The number of halogens is 3. The van der Waals surface area contributed by atoms with Crippen LogP contribution in [-0.4, -0.2) is 41.8 Å². The zero-order chi connectivity index (χ0) is 33.9. The highest BCUT2D eigenvalue weighted by molar-refractivity contribution is 6.02. The second kappa shape index (κ2) is 13.4. The third kappa shape index (κ3) is 9.24. The summed E-state index contributed by atoms with van der Waals surface area (Å²) in [6, 6.07) is 16.3. The Hall–Kier alpha value is -4.54. The van der Waals surface area contributed by atoms with Crippen LogP contribution in [0.4, 0.5) is 23.7 Å². The van der Waals surface area contributed by atoms with Crippen LogP contribution in [0.2, 0.25) is 0 Å². The SMILES string of the molecule is CC(C)(C)OC(=O)CC(NC(=O)OC(C)(C)C)C(=O)N1CCc2cc(OCc3ccc(-c4ccccc4)c(C(F)(F)F)c3)ccc21. The first-order chi connectivity index (χ1) is 21.4. The maximum absolute atomic E-state index is 13.9. The number of rotatable bonds is 8. The molecule has 3 aromatic carbocycles. The number of ether oxygens (including phenoxy) is 3. The third-order valence-electron chi connectivity index (χ3n) is 6.87. The predicted octanol–water partition coefficient (Wildman–Crippen LogP) is 7.47. The maximum atomic E-state index is 13.9. The van der Waals surface area contributed by atoms with E-state index in [1.165, 1.54) is 11.0 Å². The second-order valence-corrected chi connectivity index (χ2v) is 13.1. The molecule has 0 aliphatic carbocycles. The molecular weight excluding hydrogens is 601 g/mol. The molecule has 246 valence electrons. The summed E-state index contributed by atoms with van der Waals surface area (Å²) in [5, 5.41) is 2.52. The molecule has 1 atom stereocenters. The number of anilines is 1. The largest absolute Gasteiger partial charge is 0.489 e. The highest BCUT2D eigenvalue weighted by Gasteiger charge is 2.36. The average Bonchev–Trinajstić information content (AvgIpc) is 3.36. The molecule has 4 rings (SSSR count). The molecule has 0 saturated heterocycles. The molecule has 8 nitrogen and oxygen atoms in total. The van der Waals surface area contributed by atoms with Crippen LogP contribution in [0.1, 0.15) is 64.7 Å². The Labute approximate surface area is 266 Å². The standard InChI is InChI=1S/C35H39F3N2O6/c1-33(2,3)45-30(41)20-28(39-32(43)46-34(4,5)6)31(42)40-17-16-24-19-25(13-15-29(24)40)44-21-22-12-14-26(23-10-8-7-9-11-23)27(18-22)35(36,37)38/h7-15,18-19,28H,16-17,20-21H2,1-6H3,(H,39,43). The third-order valence-corrected chi connectivity index (χ3v) is 6.87. The second-order valence-electron chi connectivity index (χ2n) is 13.1. The van der Waals surface area contributed by atoms with Crippen LogP contribution in [0, 0.1) is 0 Å². The number of alkyl halides is 3. The number of carbonyl (C=O) groups excluding carboxylic acids is 3. The van der Waals surface area contributed by atoms with E-state index in [-0.39, 0.29) is 18.7 Å². The molecule has 0 aromatic heterocycles. The molecule has 1 heterocycles. The summed E-state index contributed by atoms with van der Waals surface area (Å²) < 4.78 is 58.4. The topological polar surface area (TPSA) is 94.2 Å². The van der Waals surface area contributed by atoms with E-state index in [0.29, 0.717) is 29.0 Å². The summed E-state index contributed by atoms with van der Waals surface area (Å²) in [6.07, 6.45) is -5.33. The highest BCUT2D eigenvalue weighted by atomic mass is 19.4. The van der Waals surface area contributed by atoms with Crippen molar-refractivity contribution in [1.82, 2.24) is 5.32 Å². The summed E-state index contributed by atoms with van der Waals surface area (Å²) in [4.78, 5) is 40.4. The van der Waals surface area contributed by atoms with Gasteiger partial charge in [-0.15, -0.1) is 0 Å². The molecule has 11 heteroatoms. The average molecular weight is 641 g/mol. The van der Waals surface area contributed by atoms with Crippen molar-refractivity contribution in [3.8, 4) is 16.9 Å². The fraction of sp³-hybridized carbons (Fsp3) is 0.400. The zero-order valence-corrected chi connectivity index (χ0v) is 26.8. The van der Waals surface area contributed by atoms with Crippen LogP contribution < -0.4 is 15.0 Å². The number of fused-ring (bicyclic) bond motifs is 1. The minimum Gasteiger partial charge on any atom is -0.489 e. The minimum atomic E-state index is -4.55. The van der Waals surface area contributed by atoms with E-state index >= 15 is 0 Å². The molecule has 46 heavy (non-hydrogen) atoms. The lowest BCUT2D eigenvalue weighted by molar-refractivity contribution is -0.156. The fourth-order valence-electron chi connectivity index (χ4n) is 5.04. The van der Waals surface area contributed by atoms with Crippen molar-refractivity contribution in [2.24, 2.45) is 0 Å². The van der Waals surface area contributed by atoms with Gasteiger partial charge in [0.1, 0.15) is 29.6 Å². The lowest BCUT2D eigenvalue weighted by Gasteiger charge is -2.27. The van der Waals surface area contributed by atoms with Crippen molar-refractivity contribution < 1.29 is 41.8 Å². The molecule has 0 fully saturated rings. The van der Waals surface area contributed by atoms with E-state index in [2.05, 4.69) is 5.32 Å². The molecule has 0 spiro atoms. The Kier molecular flexibility index (Phi) is 10.0. The number of hydrogen-bond acceptors (Lipinski definition) is 6. The molecule has 2 amide bonds. The van der Waals surface area contributed by atoms with E-state index in [0.717, 1.165) is 11.6 Å². The van der Waals surface area contributed by atoms with Gasteiger partial charge in [-0.2, -0.15) is 13.2 Å². The number of carbonyl (C=O) groups is 3. The van der Waals surface area contributed by atoms with Gasteiger partial charge in [-0.1, -0.05) is 42.5 Å². The van der Waals surface area contributed by atoms with Crippen LogP contribution in [-0.2, 0) is 38.3 Å². The van der Waals surface area contributed by atoms with Gasteiger partial charge in [0.25, 0.3) is 0 Å². The molecule has 3 aromatic rings. The first kappa shape index (κ1) is 34.3. The highest BCUT2D eigenvalue weighted by Crippen LogP contribution is 2.38. The van der Waals surface area contributed by atoms with Gasteiger partial charge in [0.2, 0.25) is 5.91 Å². The Balaban J connectivity index is 1.49. The first-order valence-corrected chi connectivity index (χ1v) is 14.9. The van der Waals surface area contributed by atoms with Crippen molar-refractivity contribution in [2.75, 3.05) is 11.4 Å². The summed E-state index contributed by atoms with van der Waals surface area (Å²) in [5.41, 5.74) is -0.103. The molecule has 1 unspecified atom stereocenters. The molecule has 0 radical (unpaired) electrons. The number of alkyl carbamates (subject to hydrolysis) is 1. The Morgan fingerprint density at radius 3 is 2.17 bits per heavy atom. The Morgan fingerprint density at radius 2 is 1.54 bits per heavy atom. The smallest absolute Gasteiger partial charge is 0.417 e. The Morgan fingerprint density at radius 1 is 0.870 bits per heavy atom. The number of nitrogens with one attached hydrogen (secondary N) is 1. The number of benzene rings is 3. The van der Waals surface area contributed by atoms with Crippen LogP contribution in [0.25, 0.3) is 11.1 Å². The number of amides is 2. The van der Waals surface area contributed by atoms with Crippen molar-refractivity contribution >= 4 is 23.7 Å². The fourth-order valence-corrected chi connectivity index (χ4v) is 5.04. The summed E-state index contributed by atoms with van der Waals surface area (Å²) in [7, 11) is 0. The monoisotopic (exact) mass is 640 g/mol. The normalized spacial score (nSPS) is 13.9. The van der Waals surface area contributed by atoms with Crippen LogP contribution >= 0.6 is 0 Å². The number of esters is 1. The van der Waals surface area contributed by atoms with Crippen molar-refractivity contribution in [3.05, 3.63) is 83.4 Å². The van der Waals surface area contributed by atoms with Gasteiger partial charge < -0.3 is 24.4 Å². The first-order valence-electron chi connectivity index (χ1n) is 14.9. The molecule has 0 bridgehead atoms. The molecule has 1 aliphatic heterocycles. The van der Waals surface area contributed by atoms with Gasteiger partial charge in [0.05, 0.1) is 12.0 Å². The zero-order valence-electron chi connectivity index (χ0n) is 26.8. The van der Waals surface area contributed by atoms with Crippen LogP contribution in [0.15, 0.2) is 66.7 Å². The van der Waals surface area contributed by atoms with Crippen molar-refractivity contribution in [3.63, 3.8) is 0 Å². The van der Waals surface area contributed by atoms with Crippen molar-refractivity contribution in [2.45, 2.75) is 84.4 Å². The Bertz CT molecular complexity index is 1550. The number of nitrogens with zero attached hydrogens (tertiary/aromatic N) is 1.